The van der Waals surface area contributed by atoms with Gasteiger partial charge in [0.05, 0.1) is 5.56 Å². The van der Waals surface area contributed by atoms with Crippen LogP contribution in [0.25, 0.3) is 6.08 Å². The first kappa shape index (κ1) is 20.5. The van der Waals surface area contributed by atoms with Crippen molar-refractivity contribution in [3.63, 3.8) is 0 Å². The molecule has 0 amide bonds. The van der Waals surface area contributed by atoms with Crippen molar-refractivity contribution in [2.75, 3.05) is 6.61 Å². The first-order chi connectivity index (χ1) is 12.7. The van der Waals surface area contributed by atoms with Crippen molar-refractivity contribution in [2.24, 2.45) is 0 Å². The summed E-state index contributed by atoms with van der Waals surface area (Å²) >= 11 is 0. The number of hydrogen-bond donors (Lipinski definition) is 1. The van der Waals surface area contributed by atoms with E-state index in [1.165, 1.54) is 17.7 Å². The molecule has 0 radical (unpaired) electrons. The standard InChI is InChI=1S/C24H28O3/c1-17(2)14-15-27-20-11-12-21(23(26)16-20)22(25)13-8-18-6-9-19(10-7-18)24(3,4)5/h6-14,16,26H,15H2,1-5H3/b13-8+. The molecule has 0 heterocycles. The quantitative estimate of drug-likeness (QED) is 0.392. The maximum Gasteiger partial charge on any atom is 0.189 e. The number of carbonyl (C=O) groups excluding carboxylic acids is 1. The van der Waals surface area contributed by atoms with E-state index in [1.807, 2.05) is 32.1 Å². The maximum absolute atomic E-state index is 12.4. The van der Waals surface area contributed by atoms with Gasteiger partial charge in [0.15, 0.2) is 5.78 Å². The van der Waals surface area contributed by atoms with E-state index in [1.54, 1.807) is 18.2 Å². The van der Waals surface area contributed by atoms with Gasteiger partial charge in [0.2, 0.25) is 0 Å². The fraction of sp³-hybridized carbons (Fsp3) is 0.292. The molecule has 2 rings (SSSR count). The zero-order valence-corrected chi connectivity index (χ0v) is 16.7. The number of benzene rings is 2. The minimum Gasteiger partial charge on any atom is -0.507 e. The summed E-state index contributed by atoms with van der Waals surface area (Å²) in [5.41, 5.74) is 3.70. The molecule has 0 unspecified atom stereocenters. The molecule has 1 N–H and O–H groups in total. The Morgan fingerprint density at radius 2 is 1.74 bits per heavy atom. The van der Waals surface area contributed by atoms with E-state index >= 15 is 0 Å². The Morgan fingerprint density at radius 3 is 2.30 bits per heavy atom. The number of hydrogen-bond acceptors (Lipinski definition) is 3. The van der Waals surface area contributed by atoms with Gasteiger partial charge in [-0.25, -0.2) is 0 Å². The highest BCUT2D eigenvalue weighted by Crippen LogP contribution is 2.25. The molecule has 0 aliphatic heterocycles. The SMILES string of the molecule is CC(C)=CCOc1ccc(C(=O)/C=C/c2ccc(C(C)(C)C)cc2)c(O)c1. The zero-order chi connectivity index (χ0) is 20.0. The maximum atomic E-state index is 12.4. The molecule has 2 aromatic rings. The van der Waals surface area contributed by atoms with Crippen molar-refractivity contribution >= 4 is 11.9 Å². The van der Waals surface area contributed by atoms with Crippen molar-refractivity contribution < 1.29 is 14.6 Å². The minimum absolute atomic E-state index is 0.0811. The van der Waals surface area contributed by atoms with E-state index in [0.29, 0.717) is 12.4 Å². The first-order valence-corrected chi connectivity index (χ1v) is 9.09. The van der Waals surface area contributed by atoms with Crippen molar-refractivity contribution in [3.8, 4) is 11.5 Å². The van der Waals surface area contributed by atoms with Crippen LogP contribution in [0.2, 0.25) is 0 Å². The van der Waals surface area contributed by atoms with Crippen molar-refractivity contribution in [2.45, 2.75) is 40.0 Å². The van der Waals surface area contributed by atoms with Gasteiger partial charge in [-0.2, -0.15) is 0 Å². The Balaban J connectivity index is 2.07. The normalized spacial score (nSPS) is 11.4. The van der Waals surface area contributed by atoms with Crippen LogP contribution in [-0.4, -0.2) is 17.5 Å². The largest absolute Gasteiger partial charge is 0.507 e. The monoisotopic (exact) mass is 364 g/mol. The van der Waals surface area contributed by atoms with E-state index in [-0.39, 0.29) is 22.5 Å². The summed E-state index contributed by atoms with van der Waals surface area (Å²) in [6, 6.07) is 12.9. The lowest BCUT2D eigenvalue weighted by molar-refractivity contribution is 0.104. The summed E-state index contributed by atoms with van der Waals surface area (Å²) in [5, 5.41) is 10.1. The van der Waals surface area contributed by atoms with Crippen LogP contribution < -0.4 is 4.74 Å². The van der Waals surface area contributed by atoms with Gasteiger partial charge in [-0.05, 0) is 54.7 Å². The summed E-state index contributed by atoms with van der Waals surface area (Å²) in [5.74, 6) is 0.203. The molecule has 0 saturated heterocycles. The molecule has 3 heteroatoms. The minimum atomic E-state index is -0.247. The summed E-state index contributed by atoms with van der Waals surface area (Å²) in [6.45, 7) is 10.9. The summed E-state index contributed by atoms with van der Waals surface area (Å²) < 4.78 is 5.53. The van der Waals surface area contributed by atoms with Gasteiger partial charge in [0.1, 0.15) is 18.1 Å². The Morgan fingerprint density at radius 1 is 1.07 bits per heavy atom. The third-order valence-corrected chi connectivity index (χ3v) is 4.18. The average Bonchev–Trinajstić information content (AvgIpc) is 2.59. The highest BCUT2D eigenvalue weighted by molar-refractivity contribution is 6.08. The first-order valence-electron chi connectivity index (χ1n) is 9.09. The molecule has 142 valence electrons. The molecule has 0 saturated carbocycles. The number of rotatable bonds is 6. The fourth-order valence-corrected chi connectivity index (χ4v) is 2.47. The van der Waals surface area contributed by atoms with Gasteiger partial charge in [0.25, 0.3) is 0 Å². The third-order valence-electron chi connectivity index (χ3n) is 4.18. The number of phenolic OH excluding ortho intramolecular Hbond substituents is 1. The summed E-state index contributed by atoms with van der Waals surface area (Å²) in [6.07, 6.45) is 5.18. The highest BCUT2D eigenvalue weighted by atomic mass is 16.5. The molecule has 0 aliphatic carbocycles. The number of ether oxygens (including phenoxy) is 1. The second kappa shape index (κ2) is 8.72. The van der Waals surface area contributed by atoms with Gasteiger partial charge >= 0.3 is 0 Å². The molecule has 0 fully saturated rings. The van der Waals surface area contributed by atoms with Gasteiger partial charge < -0.3 is 9.84 Å². The number of ketones is 1. The van der Waals surface area contributed by atoms with Crippen LogP contribution >= 0.6 is 0 Å². The lowest BCUT2D eigenvalue weighted by Crippen LogP contribution is -2.10. The molecular weight excluding hydrogens is 336 g/mol. The molecule has 2 aromatic carbocycles. The Bertz CT molecular complexity index is 846. The lowest BCUT2D eigenvalue weighted by Gasteiger charge is -2.18. The van der Waals surface area contributed by atoms with Crippen LogP contribution in [0.3, 0.4) is 0 Å². The van der Waals surface area contributed by atoms with Crippen molar-refractivity contribution in [3.05, 3.63) is 76.9 Å². The molecule has 3 nitrogen and oxygen atoms in total. The smallest absolute Gasteiger partial charge is 0.189 e. The molecule has 0 aromatic heterocycles. The Kier molecular flexibility index (Phi) is 6.62. The highest BCUT2D eigenvalue weighted by Gasteiger charge is 2.13. The van der Waals surface area contributed by atoms with Gasteiger partial charge in [0, 0.05) is 6.07 Å². The van der Waals surface area contributed by atoms with Gasteiger partial charge in [-0.15, -0.1) is 0 Å². The topological polar surface area (TPSA) is 46.5 Å². The number of allylic oxidation sites excluding steroid dienone is 2. The lowest BCUT2D eigenvalue weighted by atomic mass is 9.87. The Hall–Kier alpha value is -2.81. The Labute approximate surface area is 162 Å². The van der Waals surface area contributed by atoms with E-state index in [4.69, 9.17) is 4.74 Å². The third kappa shape index (κ3) is 6.14. The zero-order valence-electron chi connectivity index (χ0n) is 16.7. The second-order valence-electron chi connectivity index (χ2n) is 7.84. The van der Waals surface area contributed by atoms with Gasteiger partial charge in [-0.1, -0.05) is 56.7 Å². The van der Waals surface area contributed by atoms with Gasteiger partial charge in [-0.3, -0.25) is 4.79 Å². The molecule has 0 bridgehead atoms. The van der Waals surface area contributed by atoms with Crippen LogP contribution in [-0.2, 0) is 5.41 Å². The van der Waals surface area contributed by atoms with Crippen LogP contribution in [0.5, 0.6) is 11.5 Å². The number of aromatic hydroxyl groups is 1. The van der Waals surface area contributed by atoms with E-state index in [0.717, 1.165) is 11.1 Å². The fourth-order valence-electron chi connectivity index (χ4n) is 2.47. The number of phenols is 1. The van der Waals surface area contributed by atoms with Crippen molar-refractivity contribution in [1.29, 1.82) is 0 Å². The molecule has 0 aliphatic rings. The van der Waals surface area contributed by atoms with Crippen LogP contribution in [0.1, 0.15) is 56.1 Å². The van der Waals surface area contributed by atoms with Crippen molar-refractivity contribution in [1.82, 2.24) is 0 Å². The predicted octanol–water partition coefficient (Wildman–Crippen LogP) is 5.93. The summed E-state index contributed by atoms with van der Waals surface area (Å²) in [4.78, 5) is 12.4. The van der Waals surface area contributed by atoms with Crippen LogP contribution in [0.4, 0.5) is 0 Å². The molecule has 0 spiro atoms. The second-order valence-corrected chi connectivity index (χ2v) is 7.84. The molecule has 27 heavy (non-hydrogen) atoms. The summed E-state index contributed by atoms with van der Waals surface area (Å²) in [7, 11) is 0. The number of carbonyl (C=O) groups is 1. The average molecular weight is 364 g/mol. The predicted molar refractivity (Wildman–Crippen MR) is 112 cm³/mol. The molecule has 0 atom stereocenters. The van der Waals surface area contributed by atoms with E-state index in [9.17, 15) is 9.90 Å². The van der Waals surface area contributed by atoms with E-state index < -0.39 is 0 Å². The molecular formula is C24H28O3. The van der Waals surface area contributed by atoms with Crippen LogP contribution in [0.15, 0.2) is 60.2 Å². The van der Waals surface area contributed by atoms with Crippen LogP contribution in [0, 0.1) is 0 Å². The van der Waals surface area contributed by atoms with E-state index in [2.05, 4.69) is 32.9 Å².